The van der Waals surface area contributed by atoms with Gasteiger partial charge in [0.25, 0.3) is 5.91 Å². The fourth-order valence-electron chi connectivity index (χ4n) is 2.30. The average Bonchev–Trinajstić information content (AvgIpc) is 2.79. The minimum atomic E-state index is -0.0234. The van der Waals surface area contributed by atoms with Crippen molar-refractivity contribution in [3.8, 4) is 0 Å². The van der Waals surface area contributed by atoms with Crippen LogP contribution in [0.15, 0.2) is 35.7 Å². The van der Waals surface area contributed by atoms with Crippen LogP contribution < -0.4 is 10.2 Å². The van der Waals surface area contributed by atoms with Gasteiger partial charge in [-0.1, -0.05) is 18.2 Å². The Bertz CT molecular complexity index is 605. The topological polar surface area (TPSA) is 32.3 Å². The number of aryl methyl sites for hydroxylation is 1. The molecule has 92 valence electrons. The second-order valence-corrected chi connectivity index (χ2v) is 5.36. The molecule has 3 nitrogen and oxygen atoms in total. The van der Waals surface area contributed by atoms with E-state index in [0.29, 0.717) is 0 Å². The molecule has 1 aromatic heterocycles. The van der Waals surface area contributed by atoms with Gasteiger partial charge in [0.2, 0.25) is 0 Å². The maximum absolute atomic E-state index is 12.5. The third-order valence-electron chi connectivity index (χ3n) is 3.22. The van der Waals surface area contributed by atoms with E-state index in [1.165, 1.54) is 0 Å². The molecule has 1 aliphatic heterocycles. The first-order valence-electron chi connectivity index (χ1n) is 5.91. The van der Waals surface area contributed by atoms with Gasteiger partial charge in [0, 0.05) is 5.69 Å². The largest absolute Gasteiger partial charge is 0.356 e. The number of hydrogen-bond donors (Lipinski definition) is 1. The van der Waals surface area contributed by atoms with Crippen LogP contribution >= 0.6 is 11.3 Å². The third kappa shape index (κ3) is 1.61. The molecule has 0 saturated carbocycles. The van der Waals surface area contributed by atoms with Crippen LogP contribution in [0.4, 0.5) is 10.7 Å². The van der Waals surface area contributed by atoms with Crippen LogP contribution in [-0.4, -0.2) is 12.1 Å². The molecule has 0 bridgehead atoms. The molecule has 1 amide bonds. The van der Waals surface area contributed by atoms with Gasteiger partial charge in [0.1, 0.15) is 11.2 Å². The maximum atomic E-state index is 12.5. The van der Waals surface area contributed by atoms with E-state index in [9.17, 15) is 4.79 Å². The van der Waals surface area contributed by atoms with Gasteiger partial charge in [-0.05, 0) is 36.9 Å². The Labute approximate surface area is 110 Å². The van der Waals surface area contributed by atoms with Gasteiger partial charge in [-0.15, -0.1) is 11.3 Å². The molecule has 1 N–H and O–H groups in total. The molecule has 0 radical (unpaired) electrons. The molecule has 3 rings (SSSR count). The number of carbonyl (C=O) groups is 1. The van der Waals surface area contributed by atoms with Crippen molar-refractivity contribution in [2.45, 2.75) is 20.0 Å². The lowest BCUT2D eigenvalue weighted by Gasteiger charge is -2.35. The van der Waals surface area contributed by atoms with Crippen molar-refractivity contribution in [2.24, 2.45) is 0 Å². The number of para-hydroxylation sites is 1. The van der Waals surface area contributed by atoms with E-state index in [2.05, 4.69) is 5.32 Å². The van der Waals surface area contributed by atoms with Crippen LogP contribution in [0.1, 0.15) is 22.8 Å². The fourth-order valence-corrected chi connectivity index (χ4v) is 3.16. The number of rotatable bonds is 1. The molecule has 0 spiro atoms. The maximum Gasteiger partial charge on any atom is 0.262 e. The quantitative estimate of drug-likeness (QED) is 0.849. The second-order valence-electron chi connectivity index (χ2n) is 4.45. The Kier molecular flexibility index (Phi) is 2.59. The second kappa shape index (κ2) is 4.14. The van der Waals surface area contributed by atoms with E-state index in [0.717, 1.165) is 21.8 Å². The van der Waals surface area contributed by atoms with Crippen LogP contribution in [0.2, 0.25) is 0 Å². The van der Waals surface area contributed by atoms with Crippen molar-refractivity contribution < 1.29 is 4.79 Å². The SMILES string of the molecule is Cc1ccccc1N1C(=O)c2ccsc2N[C@@H]1C. The van der Waals surface area contributed by atoms with Crippen molar-refractivity contribution in [3.05, 3.63) is 46.8 Å². The number of thiophene rings is 1. The summed E-state index contributed by atoms with van der Waals surface area (Å²) in [6, 6.07) is 9.85. The third-order valence-corrected chi connectivity index (χ3v) is 4.06. The van der Waals surface area contributed by atoms with Crippen molar-refractivity contribution in [2.75, 3.05) is 10.2 Å². The highest BCUT2D eigenvalue weighted by atomic mass is 32.1. The number of nitrogens with zero attached hydrogens (tertiary/aromatic N) is 1. The molecule has 0 unspecified atom stereocenters. The first kappa shape index (κ1) is 11.3. The van der Waals surface area contributed by atoms with Gasteiger partial charge in [-0.3, -0.25) is 9.69 Å². The number of nitrogens with one attached hydrogen (secondary N) is 1. The summed E-state index contributed by atoms with van der Waals surface area (Å²) in [7, 11) is 0. The lowest BCUT2D eigenvalue weighted by Crippen LogP contribution is -2.47. The predicted octanol–water partition coefficient (Wildman–Crippen LogP) is 3.47. The van der Waals surface area contributed by atoms with Gasteiger partial charge in [0.15, 0.2) is 0 Å². The summed E-state index contributed by atoms with van der Waals surface area (Å²) in [6.45, 7) is 4.03. The number of anilines is 2. The average molecular weight is 258 g/mol. The molecule has 18 heavy (non-hydrogen) atoms. The van der Waals surface area contributed by atoms with E-state index in [1.807, 2.05) is 54.5 Å². The van der Waals surface area contributed by atoms with Gasteiger partial charge in [-0.25, -0.2) is 0 Å². The van der Waals surface area contributed by atoms with Crippen LogP contribution in [0.3, 0.4) is 0 Å². The van der Waals surface area contributed by atoms with E-state index in [4.69, 9.17) is 0 Å². The first-order valence-corrected chi connectivity index (χ1v) is 6.79. The number of hydrogen-bond acceptors (Lipinski definition) is 3. The number of amides is 1. The summed E-state index contributed by atoms with van der Waals surface area (Å²) in [5, 5.41) is 6.29. The van der Waals surface area contributed by atoms with Gasteiger partial charge in [-0.2, -0.15) is 0 Å². The van der Waals surface area contributed by atoms with E-state index < -0.39 is 0 Å². The standard InChI is InChI=1S/C14H14N2OS/c1-9-5-3-4-6-12(9)16-10(2)15-13-11(14(16)17)7-8-18-13/h3-8,10,15H,1-2H3/t10-/m0/s1. The monoisotopic (exact) mass is 258 g/mol. The molecule has 2 aromatic rings. The highest BCUT2D eigenvalue weighted by Crippen LogP contribution is 2.34. The molecular weight excluding hydrogens is 244 g/mol. The fraction of sp³-hybridized carbons (Fsp3) is 0.214. The summed E-state index contributed by atoms with van der Waals surface area (Å²) in [5.74, 6) is 0.0757. The Hall–Kier alpha value is -1.81. The van der Waals surface area contributed by atoms with Crippen LogP contribution in [0.25, 0.3) is 0 Å². The van der Waals surface area contributed by atoms with E-state index in [-0.39, 0.29) is 12.1 Å². The molecule has 0 aliphatic carbocycles. The zero-order valence-electron chi connectivity index (χ0n) is 10.3. The molecule has 1 atom stereocenters. The van der Waals surface area contributed by atoms with Gasteiger partial charge in [0.05, 0.1) is 5.56 Å². The summed E-state index contributed by atoms with van der Waals surface area (Å²) >= 11 is 1.58. The lowest BCUT2D eigenvalue weighted by molar-refractivity contribution is 0.0977. The molecule has 1 aromatic carbocycles. The summed E-state index contributed by atoms with van der Waals surface area (Å²) in [6.07, 6.45) is -0.0234. The highest BCUT2D eigenvalue weighted by Gasteiger charge is 2.31. The summed E-state index contributed by atoms with van der Waals surface area (Å²) in [4.78, 5) is 14.4. The zero-order chi connectivity index (χ0) is 12.7. The lowest BCUT2D eigenvalue weighted by atomic mass is 10.1. The Morgan fingerprint density at radius 3 is 2.83 bits per heavy atom. The molecule has 1 aliphatic rings. The minimum Gasteiger partial charge on any atom is -0.356 e. The Balaban J connectivity index is 2.09. The number of fused-ring (bicyclic) bond motifs is 1. The number of benzene rings is 1. The molecule has 0 fully saturated rings. The van der Waals surface area contributed by atoms with Crippen molar-refractivity contribution in [1.82, 2.24) is 0 Å². The van der Waals surface area contributed by atoms with Gasteiger partial charge < -0.3 is 5.32 Å². The summed E-state index contributed by atoms with van der Waals surface area (Å²) < 4.78 is 0. The molecular formula is C14H14N2OS. The minimum absolute atomic E-state index is 0.0234. The van der Waals surface area contributed by atoms with Crippen molar-refractivity contribution in [3.63, 3.8) is 0 Å². The summed E-state index contributed by atoms with van der Waals surface area (Å²) in [5.41, 5.74) is 2.85. The normalized spacial score (nSPS) is 18.4. The molecule has 2 heterocycles. The van der Waals surface area contributed by atoms with Crippen LogP contribution in [-0.2, 0) is 0 Å². The van der Waals surface area contributed by atoms with Gasteiger partial charge >= 0.3 is 0 Å². The molecule has 0 saturated heterocycles. The van der Waals surface area contributed by atoms with Crippen molar-refractivity contribution >= 4 is 27.9 Å². The van der Waals surface area contributed by atoms with Crippen molar-refractivity contribution in [1.29, 1.82) is 0 Å². The van der Waals surface area contributed by atoms with Crippen LogP contribution in [0, 0.1) is 6.92 Å². The molecule has 4 heteroatoms. The van der Waals surface area contributed by atoms with Crippen LogP contribution in [0.5, 0.6) is 0 Å². The Morgan fingerprint density at radius 1 is 1.28 bits per heavy atom. The Morgan fingerprint density at radius 2 is 2.06 bits per heavy atom. The first-order chi connectivity index (χ1) is 8.68. The van der Waals surface area contributed by atoms with E-state index in [1.54, 1.807) is 11.3 Å². The van der Waals surface area contributed by atoms with E-state index >= 15 is 0 Å². The zero-order valence-corrected chi connectivity index (χ0v) is 11.1. The predicted molar refractivity (Wildman–Crippen MR) is 75.4 cm³/mol. The highest BCUT2D eigenvalue weighted by molar-refractivity contribution is 7.14. The number of carbonyl (C=O) groups excluding carboxylic acids is 1. The smallest absolute Gasteiger partial charge is 0.262 e.